The molecule has 0 amide bonds. The molecule has 0 saturated heterocycles. The van der Waals surface area contributed by atoms with Gasteiger partial charge < -0.3 is 10.0 Å². The van der Waals surface area contributed by atoms with Gasteiger partial charge in [0.15, 0.2) is 0 Å². The molecule has 1 aliphatic heterocycles. The van der Waals surface area contributed by atoms with Crippen molar-refractivity contribution in [2.75, 3.05) is 20.2 Å². The van der Waals surface area contributed by atoms with Crippen LogP contribution in [0, 0.1) is 0 Å². The van der Waals surface area contributed by atoms with Gasteiger partial charge in [-0.05, 0) is 0 Å². The Bertz CT molecular complexity index is 163. The maximum Gasteiger partial charge on any atom is 0.0555 e. The molecule has 1 heterocycles. The van der Waals surface area contributed by atoms with Gasteiger partial charge in [-0.2, -0.15) is 0 Å². The van der Waals surface area contributed by atoms with Crippen molar-refractivity contribution < 1.29 is 5.11 Å². The summed E-state index contributed by atoms with van der Waals surface area (Å²) in [7, 11) is 1.99. The van der Waals surface area contributed by atoms with Gasteiger partial charge in [0.2, 0.25) is 0 Å². The molecule has 0 aliphatic carbocycles. The zero-order valence-electron chi connectivity index (χ0n) is 6.12. The van der Waals surface area contributed by atoms with Gasteiger partial charge >= 0.3 is 0 Å². The lowest BCUT2D eigenvalue weighted by molar-refractivity contribution is 0.305. The van der Waals surface area contributed by atoms with Crippen LogP contribution in [0.1, 0.15) is 6.42 Å². The highest BCUT2D eigenvalue weighted by Crippen LogP contribution is 1.98. The Morgan fingerprint density at radius 3 is 3.20 bits per heavy atom. The average Bonchev–Trinajstić information content (AvgIpc) is 1.88. The summed E-state index contributed by atoms with van der Waals surface area (Å²) in [6, 6.07) is 0. The Kier molecular flexibility index (Phi) is 2.45. The second kappa shape index (κ2) is 3.37. The van der Waals surface area contributed by atoms with Gasteiger partial charge in [0.1, 0.15) is 0 Å². The van der Waals surface area contributed by atoms with E-state index in [0.29, 0.717) is 6.42 Å². The van der Waals surface area contributed by atoms with Crippen LogP contribution in [-0.4, -0.2) is 35.9 Å². The third kappa shape index (κ3) is 1.84. The molecule has 0 unspecified atom stereocenters. The van der Waals surface area contributed by atoms with Crippen molar-refractivity contribution in [2.24, 2.45) is 4.99 Å². The first-order valence-corrected chi connectivity index (χ1v) is 3.36. The first kappa shape index (κ1) is 7.28. The Balaban J connectivity index is 2.45. The van der Waals surface area contributed by atoms with Crippen LogP contribution in [0.5, 0.6) is 0 Å². The molecule has 0 bridgehead atoms. The van der Waals surface area contributed by atoms with Crippen molar-refractivity contribution >= 4 is 5.71 Å². The lowest BCUT2D eigenvalue weighted by atomic mass is 10.2. The highest BCUT2D eigenvalue weighted by molar-refractivity contribution is 5.87. The molecule has 56 valence electrons. The van der Waals surface area contributed by atoms with E-state index in [0.717, 1.165) is 12.3 Å². The van der Waals surface area contributed by atoms with Crippen molar-refractivity contribution in [1.82, 2.24) is 4.90 Å². The summed E-state index contributed by atoms with van der Waals surface area (Å²) in [5, 5.41) is 8.58. The minimum absolute atomic E-state index is 0.195. The molecular formula is C7H12N2O. The SMILES string of the molecule is CN1C=CN=C(CCO)C1. The minimum Gasteiger partial charge on any atom is -0.396 e. The third-order valence-corrected chi connectivity index (χ3v) is 1.41. The first-order valence-electron chi connectivity index (χ1n) is 3.36. The number of aliphatic hydroxyl groups is 1. The van der Waals surface area contributed by atoms with Gasteiger partial charge in [-0.1, -0.05) is 0 Å². The topological polar surface area (TPSA) is 35.8 Å². The molecule has 0 aromatic rings. The van der Waals surface area contributed by atoms with Crippen LogP contribution < -0.4 is 0 Å². The quantitative estimate of drug-likeness (QED) is 0.596. The zero-order chi connectivity index (χ0) is 7.40. The largest absolute Gasteiger partial charge is 0.396 e. The fourth-order valence-corrected chi connectivity index (χ4v) is 0.907. The van der Waals surface area contributed by atoms with E-state index in [1.165, 1.54) is 0 Å². The maximum absolute atomic E-state index is 8.58. The molecule has 3 heteroatoms. The van der Waals surface area contributed by atoms with Crippen molar-refractivity contribution in [3.63, 3.8) is 0 Å². The molecule has 10 heavy (non-hydrogen) atoms. The summed E-state index contributed by atoms with van der Waals surface area (Å²) in [4.78, 5) is 6.14. The van der Waals surface area contributed by atoms with Gasteiger partial charge in [0.25, 0.3) is 0 Å². The Labute approximate surface area is 60.7 Å². The highest BCUT2D eigenvalue weighted by Gasteiger charge is 2.03. The predicted molar refractivity (Wildman–Crippen MR) is 40.9 cm³/mol. The molecule has 0 aromatic carbocycles. The van der Waals surface area contributed by atoms with Crippen LogP contribution >= 0.6 is 0 Å². The predicted octanol–water partition coefficient (Wildman–Crippen LogP) is 0.226. The summed E-state index contributed by atoms with van der Waals surface area (Å²) in [5.41, 5.74) is 1.05. The van der Waals surface area contributed by atoms with Crippen molar-refractivity contribution in [2.45, 2.75) is 6.42 Å². The number of nitrogens with zero attached hydrogens (tertiary/aromatic N) is 2. The summed E-state index contributed by atoms with van der Waals surface area (Å²) in [6.45, 7) is 1.04. The second-order valence-corrected chi connectivity index (χ2v) is 2.38. The van der Waals surface area contributed by atoms with E-state index < -0.39 is 0 Å². The molecule has 0 saturated carbocycles. The fourth-order valence-electron chi connectivity index (χ4n) is 0.907. The standard InChI is InChI=1S/C7H12N2O/c1-9-4-3-8-7(6-9)2-5-10/h3-4,10H,2,5-6H2,1H3. The van der Waals surface area contributed by atoms with Gasteiger partial charge in [-0.15, -0.1) is 0 Å². The summed E-state index contributed by atoms with van der Waals surface area (Å²) in [5.74, 6) is 0. The van der Waals surface area contributed by atoms with Gasteiger partial charge in [-0.3, -0.25) is 4.99 Å². The number of rotatable bonds is 2. The normalized spacial score (nSPS) is 17.4. The highest BCUT2D eigenvalue weighted by atomic mass is 16.3. The van der Waals surface area contributed by atoms with E-state index in [9.17, 15) is 0 Å². The van der Waals surface area contributed by atoms with Crippen molar-refractivity contribution in [3.05, 3.63) is 12.4 Å². The molecule has 1 N–H and O–H groups in total. The summed E-state index contributed by atoms with van der Waals surface area (Å²) >= 11 is 0. The van der Waals surface area contributed by atoms with Crippen LogP contribution in [0.25, 0.3) is 0 Å². The van der Waals surface area contributed by atoms with Gasteiger partial charge in [0.05, 0.1) is 6.54 Å². The van der Waals surface area contributed by atoms with E-state index in [1.807, 2.05) is 18.1 Å². The molecular weight excluding hydrogens is 128 g/mol. The zero-order valence-corrected chi connectivity index (χ0v) is 6.12. The molecule has 0 aromatic heterocycles. The molecule has 1 rings (SSSR count). The second-order valence-electron chi connectivity index (χ2n) is 2.38. The third-order valence-electron chi connectivity index (χ3n) is 1.41. The molecule has 3 nitrogen and oxygen atoms in total. The Hall–Kier alpha value is -0.830. The van der Waals surface area contributed by atoms with Gasteiger partial charge in [-0.25, -0.2) is 0 Å². The number of hydrogen-bond donors (Lipinski definition) is 1. The van der Waals surface area contributed by atoms with Gasteiger partial charge in [0, 0.05) is 38.2 Å². The van der Waals surface area contributed by atoms with Crippen LogP contribution in [-0.2, 0) is 0 Å². The lowest BCUT2D eigenvalue weighted by Gasteiger charge is -2.17. The van der Waals surface area contributed by atoms with Crippen molar-refractivity contribution in [3.8, 4) is 0 Å². The molecule has 0 radical (unpaired) electrons. The summed E-state index contributed by atoms with van der Waals surface area (Å²) < 4.78 is 0. The number of hydrogen-bond acceptors (Lipinski definition) is 3. The minimum atomic E-state index is 0.195. The monoisotopic (exact) mass is 140 g/mol. The van der Waals surface area contributed by atoms with Crippen LogP contribution in [0.2, 0.25) is 0 Å². The molecule has 1 aliphatic rings. The first-order chi connectivity index (χ1) is 4.83. The van der Waals surface area contributed by atoms with Crippen LogP contribution in [0.15, 0.2) is 17.4 Å². The molecule has 0 spiro atoms. The fraction of sp³-hybridized carbons (Fsp3) is 0.571. The van der Waals surface area contributed by atoms with E-state index in [2.05, 4.69) is 4.99 Å². The average molecular weight is 140 g/mol. The van der Waals surface area contributed by atoms with Crippen LogP contribution in [0.3, 0.4) is 0 Å². The number of aliphatic imine (C=N–C) groups is 1. The number of aliphatic hydroxyl groups excluding tert-OH is 1. The van der Waals surface area contributed by atoms with E-state index in [1.54, 1.807) is 6.20 Å². The summed E-state index contributed by atoms with van der Waals surface area (Å²) in [6.07, 6.45) is 4.37. The molecule has 0 fully saturated rings. The maximum atomic E-state index is 8.58. The lowest BCUT2D eigenvalue weighted by Crippen LogP contribution is -2.23. The van der Waals surface area contributed by atoms with E-state index in [-0.39, 0.29) is 6.61 Å². The van der Waals surface area contributed by atoms with E-state index in [4.69, 9.17) is 5.11 Å². The Morgan fingerprint density at radius 2 is 2.60 bits per heavy atom. The smallest absolute Gasteiger partial charge is 0.0555 e. The van der Waals surface area contributed by atoms with Crippen LogP contribution in [0.4, 0.5) is 0 Å². The molecule has 0 atom stereocenters. The Morgan fingerprint density at radius 1 is 1.80 bits per heavy atom. The van der Waals surface area contributed by atoms with E-state index >= 15 is 0 Å². The van der Waals surface area contributed by atoms with Crippen molar-refractivity contribution in [1.29, 1.82) is 0 Å².